The molecule has 2 unspecified atom stereocenters. The van der Waals surface area contributed by atoms with Gasteiger partial charge in [0, 0.05) is 11.6 Å². The van der Waals surface area contributed by atoms with Gasteiger partial charge >= 0.3 is 5.97 Å². The highest BCUT2D eigenvalue weighted by Gasteiger charge is 2.18. The molecule has 0 spiro atoms. The topological polar surface area (TPSA) is 78.4 Å². The Hall–Kier alpha value is -2.02. The Morgan fingerprint density at radius 1 is 1.26 bits per heavy atom. The third-order valence-electron chi connectivity index (χ3n) is 3.36. The van der Waals surface area contributed by atoms with E-state index in [-0.39, 0.29) is 18.5 Å². The molecule has 0 saturated carbocycles. The van der Waals surface area contributed by atoms with Crippen LogP contribution < -0.4 is 10.6 Å². The number of carboxylic acid groups (broad SMARTS) is 1. The minimum absolute atomic E-state index is 0.0154. The van der Waals surface area contributed by atoms with Crippen LogP contribution in [0.1, 0.15) is 32.3 Å². The number of carboxylic acids is 1. The Morgan fingerprint density at radius 3 is 2.39 bits per heavy atom. The number of carbonyl (C=O) groups excluding carboxylic acids is 1. The van der Waals surface area contributed by atoms with Crippen LogP contribution in [-0.2, 0) is 16.0 Å². The van der Waals surface area contributed by atoms with Crippen LogP contribution in [0.4, 0.5) is 8.78 Å². The quantitative estimate of drug-likeness (QED) is 0.646. The van der Waals surface area contributed by atoms with Gasteiger partial charge in [-0.25, -0.2) is 8.78 Å². The second-order valence-electron chi connectivity index (χ2n) is 5.43. The van der Waals surface area contributed by atoms with Crippen molar-refractivity contribution in [3.63, 3.8) is 0 Å². The summed E-state index contributed by atoms with van der Waals surface area (Å²) in [6, 6.07) is 2.34. The molecule has 1 rings (SSSR count). The molecule has 7 heteroatoms. The number of carbonyl (C=O) groups is 2. The van der Waals surface area contributed by atoms with Gasteiger partial charge in [-0.05, 0) is 31.9 Å². The average molecular weight is 328 g/mol. The maximum absolute atomic E-state index is 13.5. The monoisotopic (exact) mass is 328 g/mol. The molecule has 1 aromatic carbocycles. The lowest BCUT2D eigenvalue weighted by Gasteiger charge is -2.17. The molecule has 0 heterocycles. The van der Waals surface area contributed by atoms with Crippen molar-refractivity contribution in [2.75, 3.05) is 6.54 Å². The van der Waals surface area contributed by atoms with Gasteiger partial charge in [0.1, 0.15) is 17.7 Å². The van der Waals surface area contributed by atoms with Crippen molar-refractivity contribution in [3.8, 4) is 0 Å². The first-order chi connectivity index (χ1) is 10.8. The molecule has 5 nitrogen and oxygen atoms in total. The van der Waals surface area contributed by atoms with Crippen LogP contribution in [0.25, 0.3) is 0 Å². The number of hydrogen-bond acceptors (Lipinski definition) is 3. The molecule has 0 aliphatic carbocycles. The molecule has 0 radical (unpaired) electrons. The van der Waals surface area contributed by atoms with Crippen LogP contribution >= 0.6 is 0 Å². The van der Waals surface area contributed by atoms with Crippen LogP contribution in [-0.4, -0.2) is 35.6 Å². The number of hydrogen-bond donors (Lipinski definition) is 3. The largest absolute Gasteiger partial charge is 0.480 e. The molecular formula is C16H22F2N2O3. The van der Waals surface area contributed by atoms with E-state index in [0.717, 1.165) is 12.1 Å². The van der Waals surface area contributed by atoms with E-state index in [1.54, 1.807) is 6.92 Å². The number of halogens is 2. The standard InChI is InChI=1S/C16H22F2N2O3/c1-3-5-14(16(22)23)19-9-15(21)20-10(2)8-11-12(17)6-4-7-13(11)18/h4,6-7,10,14,19H,3,5,8-9H2,1-2H3,(H,20,21)(H,22,23). The van der Waals surface area contributed by atoms with Gasteiger partial charge in [-0.2, -0.15) is 0 Å². The summed E-state index contributed by atoms with van der Waals surface area (Å²) in [6.07, 6.45) is 1.11. The van der Waals surface area contributed by atoms with Crippen molar-refractivity contribution in [2.24, 2.45) is 0 Å². The van der Waals surface area contributed by atoms with Crippen LogP contribution in [0.15, 0.2) is 18.2 Å². The Bertz CT molecular complexity index is 532. The van der Waals surface area contributed by atoms with Crippen molar-refractivity contribution in [3.05, 3.63) is 35.4 Å². The van der Waals surface area contributed by atoms with Crippen LogP contribution in [0.2, 0.25) is 0 Å². The highest BCUT2D eigenvalue weighted by molar-refractivity contribution is 5.80. The number of amides is 1. The highest BCUT2D eigenvalue weighted by atomic mass is 19.1. The lowest BCUT2D eigenvalue weighted by atomic mass is 10.1. The van der Waals surface area contributed by atoms with Crippen LogP contribution in [0.5, 0.6) is 0 Å². The molecule has 3 N–H and O–H groups in total. The Labute approximate surface area is 134 Å². The second-order valence-corrected chi connectivity index (χ2v) is 5.43. The van der Waals surface area contributed by atoms with Crippen molar-refractivity contribution >= 4 is 11.9 Å². The van der Waals surface area contributed by atoms with E-state index in [0.29, 0.717) is 12.8 Å². The highest BCUT2D eigenvalue weighted by Crippen LogP contribution is 2.14. The minimum Gasteiger partial charge on any atom is -0.480 e. The van der Waals surface area contributed by atoms with Gasteiger partial charge in [-0.1, -0.05) is 19.4 Å². The van der Waals surface area contributed by atoms with Gasteiger partial charge in [0.05, 0.1) is 6.54 Å². The summed E-state index contributed by atoms with van der Waals surface area (Å²) in [5, 5.41) is 14.2. The zero-order chi connectivity index (χ0) is 17.4. The lowest BCUT2D eigenvalue weighted by molar-refractivity contribution is -0.139. The average Bonchev–Trinajstić information content (AvgIpc) is 2.47. The summed E-state index contributed by atoms with van der Waals surface area (Å²) in [6.45, 7) is 3.31. The fraction of sp³-hybridized carbons (Fsp3) is 0.500. The van der Waals surface area contributed by atoms with E-state index < -0.39 is 35.6 Å². The molecule has 0 bridgehead atoms. The van der Waals surface area contributed by atoms with Crippen molar-refractivity contribution in [1.29, 1.82) is 0 Å². The first kappa shape index (κ1) is 19.0. The van der Waals surface area contributed by atoms with E-state index >= 15 is 0 Å². The molecule has 0 saturated heterocycles. The molecule has 1 aromatic rings. The molecule has 23 heavy (non-hydrogen) atoms. The molecular weight excluding hydrogens is 306 g/mol. The maximum atomic E-state index is 13.5. The first-order valence-corrected chi connectivity index (χ1v) is 7.53. The van der Waals surface area contributed by atoms with Crippen molar-refractivity contribution in [2.45, 2.75) is 45.2 Å². The summed E-state index contributed by atoms with van der Waals surface area (Å²) in [4.78, 5) is 22.8. The predicted octanol–water partition coefficient (Wildman–Crippen LogP) is 1.85. The van der Waals surface area contributed by atoms with Crippen LogP contribution in [0.3, 0.4) is 0 Å². The Kier molecular flexibility index (Phi) is 7.61. The third-order valence-corrected chi connectivity index (χ3v) is 3.36. The Morgan fingerprint density at radius 2 is 1.87 bits per heavy atom. The molecule has 0 fully saturated rings. The zero-order valence-corrected chi connectivity index (χ0v) is 13.2. The minimum atomic E-state index is -1.01. The molecule has 1 amide bonds. The van der Waals surface area contributed by atoms with Gasteiger partial charge in [0.2, 0.25) is 5.91 Å². The second kappa shape index (κ2) is 9.19. The molecule has 0 aromatic heterocycles. The number of nitrogens with one attached hydrogen (secondary N) is 2. The predicted molar refractivity (Wildman–Crippen MR) is 82.0 cm³/mol. The summed E-state index contributed by atoms with van der Waals surface area (Å²) in [5.41, 5.74) is -0.0809. The van der Waals surface area contributed by atoms with Crippen molar-refractivity contribution < 1.29 is 23.5 Å². The fourth-order valence-electron chi connectivity index (χ4n) is 2.23. The van der Waals surface area contributed by atoms with Gasteiger partial charge in [-0.3, -0.25) is 14.9 Å². The molecule has 128 valence electrons. The zero-order valence-electron chi connectivity index (χ0n) is 13.2. The van der Waals surface area contributed by atoms with E-state index in [9.17, 15) is 18.4 Å². The number of rotatable bonds is 9. The van der Waals surface area contributed by atoms with E-state index in [4.69, 9.17) is 5.11 Å². The number of aliphatic carboxylic acids is 1. The van der Waals surface area contributed by atoms with Crippen molar-refractivity contribution in [1.82, 2.24) is 10.6 Å². The summed E-state index contributed by atoms with van der Waals surface area (Å²) < 4.78 is 27.1. The molecule has 0 aliphatic rings. The number of benzene rings is 1. The van der Waals surface area contributed by atoms with Gasteiger partial charge in [0.15, 0.2) is 0 Å². The summed E-state index contributed by atoms with van der Waals surface area (Å²) in [5.74, 6) is -2.74. The maximum Gasteiger partial charge on any atom is 0.320 e. The molecule has 0 aliphatic heterocycles. The van der Waals surface area contributed by atoms with Gasteiger partial charge in [-0.15, -0.1) is 0 Å². The van der Waals surface area contributed by atoms with E-state index in [2.05, 4.69) is 10.6 Å². The summed E-state index contributed by atoms with van der Waals surface area (Å²) in [7, 11) is 0. The fourth-order valence-corrected chi connectivity index (χ4v) is 2.23. The Balaban J connectivity index is 2.49. The van der Waals surface area contributed by atoms with Gasteiger partial charge < -0.3 is 10.4 Å². The van der Waals surface area contributed by atoms with Gasteiger partial charge in [0.25, 0.3) is 0 Å². The SMILES string of the molecule is CCCC(NCC(=O)NC(C)Cc1c(F)cccc1F)C(=O)O. The van der Waals surface area contributed by atoms with E-state index in [1.807, 2.05) is 6.92 Å². The van der Waals surface area contributed by atoms with E-state index in [1.165, 1.54) is 6.07 Å². The normalized spacial score (nSPS) is 13.4. The smallest absolute Gasteiger partial charge is 0.320 e. The lowest BCUT2D eigenvalue weighted by Crippen LogP contribution is -2.45. The van der Waals surface area contributed by atoms with Crippen LogP contribution in [0, 0.1) is 11.6 Å². The molecule has 2 atom stereocenters. The summed E-state index contributed by atoms with van der Waals surface area (Å²) >= 11 is 0. The third kappa shape index (κ3) is 6.32. The first-order valence-electron chi connectivity index (χ1n) is 7.53.